The first-order valence-electron chi connectivity index (χ1n) is 11.3. The average molecular weight is 420 g/mol. The van der Waals surface area contributed by atoms with E-state index in [-0.39, 0.29) is 11.5 Å². The summed E-state index contributed by atoms with van der Waals surface area (Å²) in [6.07, 6.45) is 6.05. The second kappa shape index (κ2) is 8.65. The van der Waals surface area contributed by atoms with Gasteiger partial charge < -0.3 is 14.6 Å². The first kappa shape index (κ1) is 21.9. The van der Waals surface area contributed by atoms with Crippen molar-refractivity contribution in [3.8, 4) is 17.6 Å². The molecule has 4 rings (SSSR count). The highest BCUT2D eigenvalue weighted by Gasteiger charge is 2.55. The van der Waals surface area contributed by atoms with Gasteiger partial charge in [-0.1, -0.05) is 25.0 Å². The molecule has 0 bridgehead atoms. The number of nitrogens with zero attached hydrogens (tertiary/aromatic N) is 1. The summed E-state index contributed by atoms with van der Waals surface area (Å²) in [7, 11) is 1.69. The quantitative estimate of drug-likeness (QED) is 0.711. The van der Waals surface area contributed by atoms with Crippen LogP contribution >= 0.6 is 0 Å². The molecule has 0 radical (unpaired) electrons. The molecule has 4 heteroatoms. The van der Waals surface area contributed by atoms with Crippen molar-refractivity contribution in [2.75, 3.05) is 7.11 Å². The zero-order valence-corrected chi connectivity index (χ0v) is 19.1. The Balaban J connectivity index is 1.62. The summed E-state index contributed by atoms with van der Waals surface area (Å²) < 4.78 is 11.9. The topological polar surface area (TPSA) is 51.6 Å². The molecule has 1 unspecified atom stereocenters. The van der Waals surface area contributed by atoms with Crippen molar-refractivity contribution < 1.29 is 14.6 Å². The SMILES string of the molecule is CC#CC1(O)C[C@H]2CCc3cc(OCc4cccnc4C)ccc3[C@]2(CC)C[C@@H]1OC. The van der Waals surface area contributed by atoms with Crippen LogP contribution in [0.5, 0.6) is 5.75 Å². The number of methoxy groups -OCH3 is 1. The Bertz CT molecular complexity index is 1010. The molecule has 2 aliphatic rings. The molecule has 1 N–H and O–H groups in total. The van der Waals surface area contributed by atoms with Crippen LogP contribution in [0.2, 0.25) is 0 Å². The maximum Gasteiger partial charge on any atom is 0.151 e. The molecule has 2 aromatic rings. The molecule has 0 saturated heterocycles. The zero-order chi connectivity index (χ0) is 22.1. The lowest BCUT2D eigenvalue weighted by atomic mass is 9.52. The van der Waals surface area contributed by atoms with Gasteiger partial charge in [-0.15, -0.1) is 5.92 Å². The molecule has 2 aliphatic carbocycles. The number of fused-ring (bicyclic) bond motifs is 3. The van der Waals surface area contributed by atoms with Gasteiger partial charge >= 0.3 is 0 Å². The second-order valence-corrected chi connectivity index (χ2v) is 9.03. The van der Waals surface area contributed by atoms with Crippen LogP contribution in [0.4, 0.5) is 0 Å². The van der Waals surface area contributed by atoms with Crippen LogP contribution in [-0.4, -0.2) is 28.9 Å². The Morgan fingerprint density at radius 1 is 1.26 bits per heavy atom. The van der Waals surface area contributed by atoms with E-state index in [1.807, 2.05) is 19.2 Å². The number of hydrogen-bond acceptors (Lipinski definition) is 4. The Morgan fingerprint density at radius 3 is 2.81 bits per heavy atom. The molecule has 1 fully saturated rings. The molecule has 1 aromatic heterocycles. The molecule has 0 spiro atoms. The molecule has 0 amide bonds. The number of benzene rings is 1. The number of rotatable bonds is 5. The summed E-state index contributed by atoms with van der Waals surface area (Å²) >= 11 is 0. The van der Waals surface area contributed by atoms with Gasteiger partial charge in [-0.25, -0.2) is 0 Å². The number of aliphatic hydroxyl groups is 1. The van der Waals surface area contributed by atoms with Gasteiger partial charge in [-0.3, -0.25) is 4.98 Å². The van der Waals surface area contributed by atoms with Gasteiger partial charge in [0, 0.05) is 30.0 Å². The van der Waals surface area contributed by atoms with Crippen molar-refractivity contribution in [1.29, 1.82) is 0 Å². The van der Waals surface area contributed by atoms with Gasteiger partial charge in [-0.05, 0) is 81.2 Å². The number of aromatic nitrogens is 1. The van der Waals surface area contributed by atoms with E-state index in [4.69, 9.17) is 9.47 Å². The van der Waals surface area contributed by atoms with E-state index in [0.717, 1.165) is 42.7 Å². The molecule has 1 heterocycles. The summed E-state index contributed by atoms with van der Waals surface area (Å²) in [5.74, 6) is 7.28. The molecule has 164 valence electrons. The maximum absolute atomic E-state index is 11.2. The van der Waals surface area contributed by atoms with E-state index in [1.165, 1.54) is 11.1 Å². The van der Waals surface area contributed by atoms with Gasteiger partial charge in [0.1, 0.15) is 12.4 Å². The van der Waals surface area contributed by atoms with E-state index in [9.17, 15) is 5.11 Å². The van der Waals surface area contributed by atoms with Crippen LogP contribution in [0.3, 0.4) is 0 Å². The van der Waals surface area contributed by atoms with Crippen molar-refractivity contribution in [3.05, 3.63) is 58.9 Å². The third-order valence-corrected chi connectivity index (χ3v) is 7.56. The van der Waals surface area contributed by atoms with Crippen molar-refractivity contribution in [2.24, 2.45) is 5.92 Å². The fourth-order valence-electron chi connectivity index (χ4n) is 5.84. The molecule has 1 saturated carbocycles. The monoisotopic (exact) mass is 419 g/mol. The van der Waals surface area contributed by atoms with Gasteiger partial charge in [0.25, 0.3) is 0 Å². The Kier molecular flexibility index (Phi) is 6.10. The summed E-state index contributed by atoms with van der Waals surface area (Å²) in [4.78, 5) is 4.35. The molecular formula is C27H33NO3. The molecule has 4 nitrogen and oxygen atoms in total. The van der Waals surface area contributed by atoms with Crippen LogP contribution in [-0.2, 0) is 23.2 Å². The minimum Gasteiger partial charge on any atom is -0.489 e. The van der Waals surface area contributed by atoms with Gasteiger partial charge in [0.05, 0.1) is 6.10 Å². The molecule has 31 heavy (non-hydrogen) atoms. The fraction of sp³-hybridized carbons (Fsp3) is 0.519. The smallest absolute Gasteiger partial charge is 0.151 e. The van der Waals surface area contributed by atoms with Crippen LogP contribution in [0.15, 0.2) is 36.5 Å². The first-order chi connectivity index (χ1) is 15.0. The largest absolute Gasteiger partial charge is 0.489 e. The Labute approximate surface area is 186 Å². The lowest BCUT2D eigenvalue weighted by Crippen LogP contribution is -2.57. The second-order valence-electron chi connectivity index (χ2n) is 9.03. The van der Waals surface area contributed by atoms with Gasteiger partial charge in [-0.2, -0.15) is 0 Å². The zero-order valence-electron chi connectivity index (χ0n) is 19.1. The van der Waals surface area contributed by atoms with Crippen LogP contribution in [0.25, 0.3) is 0 Å². The summed E-state index contributed by atoms with van der Waals surface area (Å²) in [6, 6.07) is 10.6. The summed E-state index contributed by atoms with van der Waals surface area (Å²) in [6.45, 7) is 6.59. The van der Waals surface area contributed by atoms with E-state index in [0.29, 0.717) is 18.9 Å². The third-order valence-electron chi connectivity index (χ3n) is 7.56. The lowest BCUT2D eigenvalue weighted by molar-refractivity contribution is -0.121. The van der Waals surface area contributed by atoms with Crippen molar-refractivity contribution in [1.82, 2.24) is 4.98 Å². The highest BCUT2D eigenvalue weighted by Crippen LogP contribution is 2.55. The summed E-state index contributed by atoms with van der Waals surface area (Å²) in [5, 5.41) is 11.2. The van der Waals surface area contributed by atoms with Gasteiger partial charge in [0.2, 0.25) is 0 Å². The first-order valence-corrected chi connectivity index (χ1v) is 11.3. The Hall–Kier alpha value is -2.35. The summed E-state index contributed by atoms with van der Waals surface area (Å²) in [5.41, 5.74) is 3.81. The van der Waals surface area contributed by atoms with Gasteiger partial charge in [0.15, 0.2) is 5.60 Å². The lowest BCUT2D eigenvalue weighted by Gasteiger charge is -2.54. The van der Waals surface area contributed by atoms with Crippen molar-refractivity contribution in [2.45, 2.75) is 76.6 Å². The normalized spacial score (nSPS) is 29.3. The van der Waals surface area contributed by atoms with E-state index in [1.54, 1.807) is 14.0 Å². The van der Waals surface area contributed by atoms with Crippen LogP contribution in [0.1, 0.15) is 61.9 Å². The maximum atomic E-state index is 11.2. The predicted octanol–water partition coefficient (Wildman–Crippen LogP) is 4.74. The molecule has 1 aromatic carbocycles. The van der Waals surface area contributed by atoms with Crippen LogP contribution < -0.4 is 4.74 Å². The van der Waals surface area contributed by atoms with E-state index in [2.05, 4.69) is 48.0 Å². The van der Waals surface area contributed by atoms with E-state index < -0.39 is 5.60 Å². The highest BCUT2D eigenvalue weighted by atomic mass is 16.5. The standard InChI is InChI=1S/C27H33NO3/c1-5-13-27(29)16-22-10-9-20-15-23(31-18-21-8-7-14-28-19(21)3)11-12-24(20)26(22,6-2)17-25(27)30-4/h7-8,11-12,14-15,22,25,29H,6,9-10,16-18H2,1-4H3/t22-,25+,26-,27?/m1/s1. The molecular weight excluding hydrogens is 386 g/mol. The predicted molar refractivity (Wildman–Crippen MR) is 122 cm³/mol. The number of pyridine rings is 1. The van der Waals surface area contributed by atoms with Crippen molar-refractivity contribution in [3.63, 3.8) is 0 Å². The number of aryl methyl sites for hydroxylation is 2. The molecule has 0 aliphatic heterocycles. The Morgan fingerprint density at radius 2 is 2.10 bits per heavy atom. The minimum atomic E-state index is -1.06. The minimum absolute atomic E-state index is 0.00831. The van der Waals surface area contributed by atoms with E-state index >= 15 is 0 Å². The number of ether oxygens (including phenoxy) is 2. The highest BCUT2D eigenvalue weighted by molar-refractivity contribution is 5.44. The van der Waals surface area contributed by atoms with Crippen LogP contribution in [0, 0.1) is 24.7 Å². The average Bonchev–Trinajstić information content (AvgIpc) is 2.78. The number of hydrogen-bond donors (Lipinski definition) is 1. The fourth-order valence-corrected chi connectivity index (χ4v) is 5.84. The van der Waals surface area contributed by atoms with Crippen molar-refractivity contribution >= 4 is 0 Å². The third kappa shape index (κ3) is 3.86. The molecule has 4 atom stereocenters.